The van der Waals surface area contributed by atoms with Crippen LogP contribution in [0.3, 0.4) is 0 Å². The van der Waals surface area contributed by atoms with E-state index in [0.717, 1.165) is 82.8 Å². The van der Waals surface area contributed by atoms with Crippen LogP contribution in [0.2, 0.25) is 0 Å². The number of pyridine rings is 1. The summed E-state index contributed by atoms with van der Waals surface area (Å²) in [5, 5.41) is 5.12. The molecule has 6 aromatic carbocycles. The van der Waals surface area contributed by atoms with E-state index in [9.17, 15) is 0 Å². The molecule has 0 radical (unpaired) electrons. The molecule has 238 valence electrons. The topological polar surface area (TPSA) is 90.5 Å². The molecule has 0 aliphatic carbocycles. The van der Waals surface area contributed by atoms with Crippen molar-refractivity contribution in [3.63, 3.8) is 0 Å². The van der Waals surface area contributed by atoms with E-state index in [1.807, 2.05) is 78.9 Å². The number of nitrogens with zero attached hydrogens (tertiary/aromatic N) is 6. The molecule has 0 atom stereocenters. The Morgan fingerprint density at radius 1 is 0.392 bits per heavy atom. The Morgan fingerprint density at radius 3 is 1.76 bits per heavy atom. The van der Waals surface area contributed by atoms with Crippen LogP contribution in [0.1, 0.15) is 0 Å². The Hall–Kier alpha value is -7.12. The van der Waals surface area contributed by atoms with Crippen LogP contribution < -0.4 is 0 Å². The minimum atomic E-state index is 0.622. The first-order chi connectivity index (χ1) is 25.3. The fraction of sp³-hybridized carbons (Fsp3) is 0. The van der Waals surface area contributed by atoms with Gasteiger partial charge in [0.25, 0.3) is 0 Å². The highest BCUT2D eigenvalue weighted by molar-refractivity contribution is 6.07. The number of hydrogen-bond donors (Lipinski definition) is 0. The predicted octanol–water partition coefficient (Wildman–Crippen LogP) is 10.6. The second-order valence-corrected chi connectivity index (χ2v) is 12.4. The zero-order chi connectivity index (χ0) is 33.7. The molecule has 0 amide bonds. The maximum Gasteiger partial charge on any atom is 0.164 e. The van der Waals surface area contributed by atoms with E-state index in [-0.39, 0.29) is 0 Å². The predicted molar refractivity (Wildman–Crippen MR) is 203 cm³/mol. The van der Waals surface area contributed by atoms with E-state index in [2.05, 4.69) is 71.7 Å². The van der Waals surface area contributed by atoms with Crippen molar-refractivity contribution in [2.75, 3.05) is 0 Å². The van der Waals surface area contributed by atoms with Gasteiger partial charge >= 0.3 is 0 Å². The third-order valence-electron chi connectivity index (χ3n) is 9.32. The standard InChI is InChI=1S/C44H26N6O/c1-3-11-27(12-4-1)42-48-43(28-13-5-2-6-14-28)50-44(49-42)34-22-21-30(31-15-7-8-16-32(31)34)29-19-20-35-37(23-29)46-26-47-41(35)38-24-36-33-17-9-10-18-39(33)51-40(36)25-45-38/h1-26H. The third kappa shape index (κ3) is 4.99. The Morgan fingerprint density at radius 2 is 1.02 bits per heavy atom. The number of para-hydroxylation sites is 1. The number of furan rings is 1. The van der Waals surface area contributed by atoms with Crippen molar-refractivity contribution in [3.8, 4) is 56.7 Å². The van der Waals surface area contributed by atoms with Crippen LogP contribution in [-0.2, 0) is 0 Å². The maximum absolute atomic E-state index is 6.01. The minimum Gasteiger partial charge on any atom is -0.454 e. The summed E-state index contributed by atoms with van der Waals surface area (Å²) >= 11 is 0. The first kappa shape index (κ1) is 28.9. The zero-order valence-corrected chi connectivity index (χ0v) is 27.1. The molecule has 4 heterocycles. The van der Waals surface area contributed by atoms with Gasteiger partial charge in [-0.2, -0.15) is 0 Å². The average Bonchev–Trinajstić information content (AvgIpc) is 3.58. The van der Waals surface area contributed by atoms with Crippen molar-refractivity contribution in [2.45, 2.75) is 0 Å². The number of aromatic nitrogens is 6. The number of rotatable bonds is 5. The molecule has 0 bridgehead atoms. The van der Waals surface area contributed by atoms with E-state index < -0.39 is 0 Å². The Bertz CT molecular complexity index is 2870. The second kappa shape index (κ2) is 11.8. The van der Waals surface area contributed by atoms with Crippen molar-refractivity contribution in [1.29, 1.82) is 0 Å². The molecule has 10 aromatic rings. The molecule has 7 heteroatoms. The zero-order valence-electron chi connectivity index (χ0n) is 27.1. The quantitative estimate of drug-likeness (QED) is 0.182. The van der Waals surface area contributed by atoms with Gasteiger partial charge in [0.15, 0.2) is 23.1 Å². The molecule has 0 aliphatic rings. The Balaban J connectivity index is 1.09. The lowest BCUT2D eigenvalue weighted by atomic mass is 9.94. The van der Waals surface area contributed by atoms with E-state index in [0.29, 0.717) is 17.5 Å². The maximum atomic E-state index is 6.01. The lowest BCUT2D eigenvalue weighted by Crippen LogP contribution is -2.00. The molecule has 0 fully saturated rings. The van der Waals surface area contributed by atoms with Gasteiger partial charge in [0, 0.05) is 32.8 Å². The second-order valence-electron chi connectivity index (χ2n) is 12.4. The van der Waals surface area contributed by atoms with Crippen molar-refractivity contribution in [3.05, 3.63) is 158 Å². The summed E-state index contributed by atoms with van der Waals surface area (Å²) in [6, 6.07) is 49.2. The smallest absolute Gasteiger partial charge is 0.164 e. The molecule has 0 N–H and O–H groups in total. The number of benzene rings is 6. The van der Waals surface area contributed by atoms with Gasteiger partial charge in [-0.1, -0.05) is 115 Å². The molecular weight excluding hydrogens is 629 g/mol. The van der Waals surface area contributed by atoms with Gasteiger partial charge in [0.05, 0.1) is 23.1 Å². The summed E-state index contributed by atoms with van der Waals surface area (Å²) in [4.78, 5) is 29.0. The first-order valence-electron chi connectivity index (χ1n) is 16.7. The molecule has 7 nitrogen and oxygen atoms in total. The van der Waals surface area contributed by atoms with Crippen molar-refractivity contribution >= 4 is 43.6 Å². The molecule has 0 saturated heterocycles. The van der Waals surface area contributed by atoms with Gasteiger partial charge in [-0.25, -0.2) is 24.9 Å². The van der Waals surface area contributed by atoms with Gasteiger partial charge < -0.3 is 4.42 Å². The molecule has 0 saturated carbocycles. The van der Waals surface area contributed by atoms with Crippen LogP contribution in [0.15, 0.2) is 163 Å². The van der Waals surface area contributed by atoms with Crippen LogP contribution >= 0.6 is 0 Å². The van der Waals surface area contributed by atoms with E-state index >= 15 is 0 Å². The summed E-state index contributed by atoms with van der Waals surface area (Å²) in [6.07, 6.45) is 3.39. The minimum absolute atomic E-state index is 0.622. The number of hydrogen-bond acceptors (Lipinski definition) is 7. The van der Waals surface area contributed by atoms with Gasteiger partial charge in [-0.15, -0.1) is 0 Å². The van der Waals surface area contributed by atoms with Gasteiger partial charge in [0.2, 0.25) is 0 Å². The fourth-order valence-electron chi connectivity index (χ4n) is 6.86. The van der Waals surface area contributed by atoms with Crippen LogP contribution in [-0.4, -0.2) is 29.9 Å². The van der Waals surface area contributed by atoms with Crippen molar-refractivity contribution in [1.82, 2.24) is 29.9 Å². The summed E-state index contributed by atoms with van der Waals surface area (Å²) in [6.45, 7) is 0. The third-order valence-corrected chi connectivity index (χ3v) is 9.32. The Labute approximate surface area is 292 Å². The van der Waals surface area contributed by atoms with Crippen LogP contribution in [0.25, 0.3) is 100 Å². The fourth-order valence-corrected chi connectivity index (χ4v) is 6.86. The monoisotopic (exact) mass is 654 g/mol. The molecule has 0 spiro atoms. The SMILES string of the molecule is c1ccc(-c2nc(-c3ccccc3)nc(-c3ccc(-c4ccc5c(-c6cc7c(cn6)oc6ccccc67)ncnc5c4)c4ccccc34)n2)cc1. The van der Waals surface area contributed by atoms with E-state index in [1.54, 1.807) is 12.5 Å². The van der Waals surface area contributed by atoms with E-state index in [4.69, 9.17) is 29.3 Å². The molecule has 10 rings (SSSR count). The summed E-state index contributed by atoms with van der Waals surface area (Å²) in [7, 11) is 0. The lowest BCUT2D eigenvalue weighted by Gasteiger charge is -2.13. The van der Waals surface area contributed by atoms with Crippen LogP contribution in [0.4, 0.5) is 0 Å². The van der Waals surface area contributed by atoms with Crippen LogP contribution in [0, 0.1) is 0 Å². The highest BCUT2D eigenvalue weighted by Crippen LogP contribution is 2.38. The number of fused-ring (bicyclic) bond motifs is 5. The normalized spacial score (nSPS) is 11.5. The first-order valence-corrected chi connectivity index (χ1v) is 16.7. The highest BCUT2D eigenvalue weighted by Gasteiger charge is 2.17. The van der Waals surface area contributed by atoms with Crippen molar-refractivity contribution < 1.29 is 4.42 Å². The molecule has 0 aliphatic heterocycles. The van der Waals surface area contributed by atoms with Gasteiger partial charge in [-0.3, -0.25) is 4.98 Å². The molecule has 0 unspecified atom stereocenters. The molecule has 51 heavy (non-hydrogen) atoms. The Kier molecular flexibility index (Phi) is 6.67. The summed E-state index contributed by atoms with van der Waals surface area (Å²) < 4.78 is 6.01. The lowest BCUT2D eigenvalue weighted by molar-refractivity contribution is 0.667. The van der Waals surface area contributed by atoms with E-state index in [1.165, 1.54) is 0 Å². The van der Waals surface area contributed by atoms with Gasteiger partial charge in [0.1, 0.15) is 11.9 Å². The molecule has 4 aromatic heterocycles. The van der Waals surface area contributed by atoms with Crippen molar-refractivity contribution in [2.24, 2.45) is 0 Å². The van der Waals surface area contributed by atoms with Crippen LogP contribution in [0.5, 0.6) is 0 Å². The summed E-state index contributed by atoms with van der Waals surface area (Å²) in [5.41, 5.74) is 8.91. The highest BCUT2D eigenvalue weighted by atomic mass is 16.3. The van der Waals surface area contributed by atoms with Gasteiger partial charge in [-0.05, 0) is 52.2 Å². The largest absolute Gasteiger partial charge is 0.454 e. The summed E-state index contributed by atoms with van der Waals surface area (Å²) in [5.74, 6) is 1.88. The molecular formula is C44H26N6O. The average molecular weight is 655 g/mol.